The minimum absolute atomic E-state index is 0.0319. The predicted molar refractivity (Wildman–Crippen MR) is 66.0 cm³/mol. The topological polar surface area (TPSA) is 56.6 Å². The van der Waals surface area contributed by atoms with Crippen LogP contribution in [-0.4, -0.2) is 41.5 Å². The second-order valence-corrected chi connectivity index (χ2v) is 4.66. The Balaban J connectivity index is 2.89. The highest BCUT2D eigenvalue weighted by molar-refractivity contribution is 9.11. The number of hydrogen-bond donors (Lipinski definition) is 2. The van der Waals surface area contributed by atoms with Crippen molar-refractivity contribution in [3.05, 3.63) is 21.2 Å². The molecule has 1 aromatic rings. The molecular formula is C9H12Br2N2O2. The van der Waals surface area contributed by atoms with E-state index in [1.807, 2.05) is 11.0 Å². The lowest BCUT2D eigenvalue weighted by molar-refractivity contribution is 0.280. The molecule has 0 fully saturated rings. The largest absolute Gasteiger partial charge is 0.395 e. The molecule has 0 aliphatic heterocycles. The van der Waals surface area contributed by atoms with Crippen LogP contribution in [0.3, 0.4) is 0 Å². The molecule has 84 valence electrons. The maximum Gasteiger partial charge on any atom is 0.143 e. The van der Waals surface area contributed by atoms with E-state index < -0.39 is 0 Å². The molecule has 0 radical (unpaired) electrons. The van der Waals surface area contributed by atoms with E-state index in [0.29, 0.717) is 13.1 Å². The van der Waals surface area contributed by atoms with E-state index >= 15 is 0 Å². The number of aromatic nitrogens is 1. The van der Waals surface area contributed by atoms with Gasteiger partial charge in [0, 0.05) is 23.8 Å². The highest BCUT2D eigenvalue weighted by Gasteiger charge is 2.10. The van der Waals surface area contributed by atoms with Gasteiger partial charge in [-0.15, -0.1) is 0 Å². The second-order valence-electron chi connectivity index (χ2n) is 2.89. The first kappa shape index (κ1) is 12.9. The van der Waals surface area contributed by atoms with Gasteiger partial charge in [0.2, 0.25) is 0 Å². The zero-order valence-electron chi connectivity index (χ0n) is 8.03. The summed E-state index contributed by atoms with van der Waals surface area (Å²) in [5.74, 6) is 0.723. The minimum atomic E-state index is 0.0319. The van der Waals surface area contributed by atoms with E-state index in [0.717, 1.165) is 14.8 Å². The first-order valence-electron chi connectivity index (χ1n) is 4.46. The van der Waals surface area contributed by atoms with E-state index in [2.05, 4.69) is 36.8 Å². The van der Waals surface area contributed by atoms with Gasteiger partial charge in [-0.2, -0.15) is 0 Å². The standard InChI is InChI=1S/C9H12Br2N2O2/c10-7-5-8(11)9(12-6-7)13(1-3-14)2-4-15/h5-6,14-15H,1-4H2. The van der Waals surface area contributed by atoms with Gasteiger partial charge < -0.3 is 15.1 Å². The predicted octanol–water partition coefficient (Wildman–Crippen LogP) is 1.40. The van der Waals surface area contributed by atoms with Crippen molar-refractivity contribution in [2.24, 2.45) is 0 Å². The summed E-state index contributed by atoms with van der Waals surface area (Å²) in [6, 6.07) is 1.88. The van der Waals surface area contributed by atoms with Gasteiger partial charge in [0.05, 0.1) is 17.7 Å². The summed E-state index contributed by atoms with van der Waals surface area (Å²) in [5.41, 5.74) is 0. The molecule has 15 heavy (non-hydrogen) atoms. The van der Waals surface area contributed by atoms with Crippen LogP contribution in [-0.2, 0) is 0 Å². The first-order valence-corrected chi connectivity index (χ1v) is 6.05. The van der Waals surface area contributed by atoms with Crippen molar-refractivity contribution >= 4 is 37.7 Å². The SMILES string of the molecule is OCCN(CCO)c1ncc(Br)cc1Br. The summed E-state index contributed by atoms with van der Waals surface area (Å²) < 4.78 is 1.71. The summed E-state index contributed by atoms with van der Waals surface area (Å²) in [4.78, 5) is 6.04. The number of pyridine rings is 1. The van der Waals surface area contributed by atoms with E-state index in [9.17, 15) is 0 Å². The van der Waals surface area contributed by atoms with Crippen LogP contribution in [0.5, 0.6) is 0 Å². The molecule has 0 spiro atoms. The van der Waals surface area contributed by atoms with Gasteiger partial charge in [-0.1, -0.05) is 0 Å². The number of halogens is 2. The first-order chi connectivity index (χ1) is 7.19. The molecule has 0 atom stereocenters. The molecule has 1 rings (SSSR count). The Kier molecular flexibility index (Phi) is 5.52. The van der Waals surface area contributed by atoms with Crippen LogP contribution in [0.25, 0.3) is 0 Å². The zero-order chi connectivity index (χ0) is 11.3. The lowest BCUT2D eigenvalue weighted by Crippen LogP contribution is -2.30. The Morgan fingerprint density at radius 2 is 1.80 bits per heavy atom. The lowest BCUT2D eigenvalue weighted by atomic mass is 10.4. The number of aliphatic hydroxyl groups excluding tert-OH is 2. The highest BCUT2D eigenvalue weighted by Crippen LogP contribution is 2.26. The highest BCUT2D eigenvalue weighted by atomic mass is 79.9. The third-order valence-electron chi connectivity index (χ3n) is 1.83. The number of nitrogens with zero attached hydrogens (tertiary/aromatic N) is 2. The quantitative estimate of drug-likeness (QED) is 0.851. The van der Waals surface area contributed by atoms with Gasteiger partial charge >= 0.3 is 0 Å². The summed E-state index contributed by atoms with van der Waals surface area (Å²) in [6.45, 7) is 0.968. The van der Waals surface area contributed by atoms with Crippen LogP contribution < -0.4 is 4.90 Å². The van der Waals surface area contributed by atoms with Crippen molar-refractivity contribution < 1.29 is 10.2 Å². The maximum atomic E-state index is 8.89. The smallest absolute Gasteiger partial charge is 0.143 e. The number of rotatable bonds is 5. The van der Waals surface area contributed by atoms with Crippen molar-refractivity contribution in [3.63, 3.8) is 0 Å². The van der Waals surface area contributed by atoms with E-state index in [1.165, 1.54) is 0 Å². The molecule has 0 amide bonds. The van der Waals surface area contributed by atoms with Gasteiger partial charge in [-0.25, -0.2) is 4.98 Å². The van der Waals surface area contributed by atoms with Crippen LogP contribution in [0.1, 0.15) is 0 Å². The number of anilines is 1. The van der Waals surface area contributed by atoms with Gasteiger partial charge in [0.25, 0.3) is 0 Å². The average Bonchev–Trinajstić information content (AvgIpc) is 2.17. The molecule has 2 N–H and O–H groups in total. The molecule has 0 saturated heterocycles. The summed E-state index contributed by atoms with van der Waals surface area (Å²) in [5, 5.41) is 17.8. The Labute approximate surface area is 105 Å². The Hall–Kier alpha value is -0.170. The fraction of sp³-hybridized carbons (Fsp3) is 0.444. The second kappa shape index (κ2) is 6.42. The minimum Gasteiger partial charge on any atom is -0.395 e. The van der Waals surface area contributed by atoms with Crippen molar-refractivity contribution in [3.8, 4) is 0 Å². The molecule has 0 unspecified atom stereocenters. The van der Waals surface area contributed by atoms with Gasteiger partial charge in [0.15, 0.2) is 0 Å². The van der Waals surface area contributed by atoms with E-state index in [-0.39, 0.29) is 13.2 Å². The molecule has 0 aliphatic rings. The van der Waals surface area contributed by atoms with Crippen molar-refractivity contribution in [2.75, 3.05) is 31.2 Å². The van der Waals surface area contributed by atoms with Crippen LogP contribution >= 0.6 is 31.9 Å². The van der Waals surface area contributed by atoms with Crippen molar-refractivity contribution in [1.29, 1.82) is 0 Å². The molecule has 0 saturated carbocycles. The van der Waals surface area contributed by atoms with Gasteiger partial charge in [-0.3, -0.25) is 0 Å². The third kappa shape index (κ3) is 3.71. The fourth-order valence-corrected chi connectivity index (χ4v) is 2.44. The van der Waals surface area contributed by atoms with Crippen LogP contribution in [0.2, 0.25) is 0 Å². The maximum absolute atomic E-state index is 8.89. The molecule has 0 bridgehead atoms. The Morgan fingerprint density at radius 1 is 1.20 bits per heavy atom. The number of hydrogen-bond acceptors (Lipinski definition) is 4. The van der Waals surface area contributed by atoms with E-state index in [1.54, 1.807) is 6.20 Å². The summed E-state index contributed by atoms with van der Waals surface area (Å²) in [6.07, 6.45) is 1.68. The summed E-state index contributed by atoms with van der Waals surface area (Å²) >= 11 is 6.70. The van der Waals surface area contributed by atoms with E-state index in [4.69, 9.17) is 10.2 Å². The van der Waals surface area contributed by atoms with Crippen LogP contribution in [0, 0.1) is 0 Å². The summed E-state index contributed by atoms with van der Waals surface area (Å²) in [7, 11) is 0. The molecule has 4 nitrogen and oxygen atoms in total. The van der Waals surface area contributed by atoms with Gasteiger partial charge in [0.1, 0.15) is 5.82 Å². The molecule has 1 heterocycles. The molecular weight excluding hydrogens is 328 g/mol. The normalized spacial score (nSPS) is 10.4. The lowest BCUT2D eigenvalue weighted by Gasteiger charge is -2.22. The fourth-order valence-electron chi connectivity index (χ4n) is 1.21. The van der Waals surface area contributed by atoms with Gasteiger partial charge in [-0.05, 0) is 37.9 Å². The average molecular weight is 340 g/mol. The van der Waals surface area contributed by atoms with Crippen LogP contribution in [0.4, 0.5) is 5.82 Å². The zero-order valence-corrected chi connectivity index (χ0v) is 11.2. The number of aliphatic hydroxyl groups is 2. The molecule has 0 aromatic carbocycles. The van der Waals surface area contributed by atoms with Crippen molar-refractivity contribution in [2.45, 2.75) is 0 Å². The monoisotopic (exact) mass is 338 g/mol. The Morgan fingerprint density at radius 3 is 2.27 bits per heavy atom. The molecule has 6 heteroatoms. The Bertz CT molecular complexity index is 317. The van der Waals surface area contributed by atoms with Crippen molar-refractivity contribution in [1.82, 2.24) is 4.98 Å². The molecule has 1 aromatic heterocycles. The molecule has 0 aliphatic carbocycles. The van der Waals surface area contributed by atoms with Crippen LogP contribution in [0.15, 0.2) is 21.2 Å². The third-order valence-corrected chi connectivity index (χ3v) is 2.84.